The summed E-state index contributed by atoms with van der Waals surface area (Å²) >= 11 is 2.36. The van der Waals surface area contributed by atoms with Crippen LogP contribution in [0.4, 0.5) is 0 Å². The average Bonchev–Trinajstić information content (AvgIpc) is 2.13. The van der Waals surface area contributed by atoms with Crippen molar-refractivity contribution >= 4 is 28.6 Å². The van der Waals surface area contributed by atoms with Gasteiger partial charge in [-0.1, -0.05) is 22.6 Å². The minimum absolute atomic E-state index is 0.208. The van der Waals surface area contributed by atoms with E-state index in [2.05, 4.69) is 22.6 Å². The minimum atomic E-state index is -0.717. The third-order valence-electron chi connectivity index (χ3n) is 1.57. The van der Waals surface area contributed by atoms with Crippen molar-refractivity contribution in [3.63, 3.8) is 0 Å². The normalized spacial score (nSPS) is 27.1. The molecule has 10 heavy (non-hydrogen) atoms. The molecular weight excluding hydrogens is 245 g/mol. The monoisotopic (exact) mass is 255 g/mol. The van der Waals surface area contributed by atoms with Crippen LogP contribution in [0.3, 0.4) is 0 Å². The molecule has 0 spiro atoms. The zero-order valence-electron chi connectivity index (χ0n) is 5.59. The number of likely N-dealkylation sites (tertiary alicyclic amines) is 1. The van der Waals surface area contributed by atoms with Crippen LogP contribution in [0.1, 0.15) is 6.42 Å². The van der Waals surface area contributed by atoms with Gasteiger partial charge in [0.1, 0.15) is 0 Å². The van der Waals surface area contributed by atoms with Crippen molar-refractivity contribution in [2.75, 3.05) is 19.6 Å². The lowest BCUT2D eigenvalue weighted by molar-refractivity contribution is -0.138. The summed E-state index contributed by atoms with van der Waals surface area (Å²) in [7, 11) is 0. The molecule has 1 aliphatic rings. The van der Waals surface area contributed by atoms with E-state index in [1.54, 1.807) is 0 Å². The van der Waals surface area contributed by atoms with Crippen LogP contribution in [0.15, 0.2) is 0 Å². The maximum absolute atomic E-state index is 10.2. The van der Waals surface area contributed by atoms with E-state index >= 15 is 0 Å². The summed E-state index contributed by atoms with van der Waals surface area (Å²) in [6.45, 7) is 2.09. The zero-order chi connectivity index (χ0) is 7.56. The molecule has 0 saturated carbocycles. The lowest BCUT2D eigenvalue weighted by Gasteiger charge is -2.10. The van der Waals surface area contributed by atoms with Crippen molar-refractivity contribution in [3.8, 4) is 0 Å². The van der Waals surface area contributed by atoms with Crippen molar-refractivity contribution in [3.05, 3.63) is 0 Å². The Bertz CT molecular complexity index is 140. The Morgan fingerprint density at radius 1 is 1.80 bits per heavy atom. The summed E-state index contributed by atoms with van der Waals surface area (Å²) < 4.78 is 0.650. The van der Waals surface area contributed by atoms with Gasteiger partial charge in [0.05, 0.1) is 6.54 Å². The highest BCUT2D eigenvalue weighted by Gasteiger charge is 2.20. The summed E-state index contributed by atoms with van der Waals surface area (Å²) in [5, 5.41) is 8.42. The summed E-state index contributed by atoms with van der Waals surface area (Å²) in [5.41, 5.74) is 0. The van der Waals surface area contributed by atoms with Crippen LogP contribution in [0, 0.1) is 0 Å². The number of rotatable bonds is 2. The molecule has 0 unspecified atom stereocenters. The Morgan fingerprint density at radius 3 is 2.90 bits per heavy atom. The van der Waals surface area contributed by atoms with Crippen LogP contribution >= 0.6 is 22.6 Å². The van der Waals surface area contributed by atoms with E-state index in [1.807, 2.05) is 4.90 Å². The minimum Gasteiger partial charge on any atom is -0.480 e. The smallest absolute Gasteiger partial charge is 0.317 e. The van der Waals surface area contributed by atoms with Gasteiger partial charge < -0.3 is 5.11 Å². The fourth-order valence-corrected chi connectivity index (χ4v) is 1.96. The Balaban J connectivity index is 2.24. The predicted octanol–water partition coefficient (Wildman–Crippen LogP) is 0.580. The number of hydrogen-bond donors (Lipinski definition) is 1. The number of aliphatic carboxylic acids is 1. The molecule has 1 aliphatic heterocycles. The van der Waals surface area contributed by atoms with Crippen LogP contribution in [0.2, 0.25) is 0 Å². The maximum Gasteiger partial charge on any atom is 0.317 e. The highest BCUT2D eigenvalue weighted by Crippen LogP contribution is 2.15. The molecule has 3 nitrogen and oxygen atoms in total. The number of alkyl halides is 1. The van der Waals surface area contributed by atoms with Gasteiger partial charge in [0, 0.05) is 10.5 Å². The van der Waals surface area contributed by atoms with Crippen molar-refractivity contribution in [1.29, 1.82) is 0 Å². The Morgan fingerprint density at radius 2 is 2.50 bits per heavy atom. The molecule has 1 saturated heterocycles. The molecule has 0 aliphatic carbocycles. The number of carbonyl (C=O) groups is 1. The topological polar surface area (TPSA) is 40.5 Å². The first-order valence-corrected chi connectivity index (χ1v) is 4.51. The van der Waals surface area contributed by atoms with Gasteiger partial charge in [0.2, 0.25) is 0 Å². The van der Waals surface area contributed by atoms with Gasteiger partial charge in [-0.3, -0.25) is 9.69 Å². The van der Waals surface area contributed by atoms with Crippen molar-refractivity contribution in [2.45, 2.75) is 10.3 Å². The quantitative estimate of drug-likeness (QED) is 0.579. The lowest BCUT2D eigenvalue weighted by atomic mass is 10.4. The molecular formula is C6H10INO2. The maximum atomic E-state index is 10.2. The number of carboxylic acids is 1. The van der Waals surface area contributed by atoms with E-state index in [4.69, 9.17) is 5.11 Å². The van der Waals surface area contributed by atoms with Crippen molar-refractivity contribution in [2.24, 2.45) is 0 Å². The van der Waals surface area contributed by atoms with Gasteiger partial charge in [0.25, 0.3) is 0 Å². The Hall–Kier alpha value is 0.160. The second-order valence-corrected chi connectivity index (χ2v) is 4.28. The van der Waals surface area contributed by atoms with Crippen molar-refractivity contribution in [1.82, 2.24) is 4.90 Å². The molecule has 0 bridgehead atoms. The van der Waals surface area contributed by atoms with Crippen LogP contribution < -0.4 is 0 Å². The number of nitrogens with zero attached hydrogens (tertiary/aromatic N) is 1. The molecule has 1 N–H and O–H groups in total. The summed E-state index contributed by atoms with van der Waals surface area (Å²) in [4.78, 5) is 12.2. The van der Waals surface area contributed by atoms with Crippen LogP contribution in [-0.2, 0) is 4.79 Å². The predicted molar refractivity (Wildman–Crippen MR) is 46.5 cm³/mol. The van der Waals surface area contributed by atoms with Crippen molar-refractivity contribution < 1.29 is 9.90 Å². The Kier molecular flexibility index (Phi) is 2.91. The molecule has 1 rings (SSSR count). The fourth-order valence-electron chi connectivity index (χ4n) is 1.12. The first-order valence-electron chi connectivity index (χ1n) is 3.26. The molecule has 0 aromatic carbocycles. The molecule has 0 aromatic heterocycles. The highest BCUT2D eigenvalue weighted by atomic mass is 127. The standard InChI is InChI=1S/C6H10INO2/c7-5-1-2-8(3-5)4-6(9)10/h5H,1-4H2,(H,9,10)/t5-/m0/s1. The summed E-state index contributed by atoms with van der Waals surface area (Å²) in [5.74, 6) is -0.717. The molecule has 1 heterocycles. The highest BCUT2D eigenvalue weighted by molar-refractivity contribution is 14.1. The van der Waals surface area contributed by atoms with E-state index in [-0.39, 0.29) is 6.54 Å². The van der Waals surface area contributed by atoms with Gasteiger partial charge in [-0.25, -0.2) is 0 Å². The zero-order valence-corrected chi connectivity index (χ0v) is 7.74. The van der Waals surface area contributed by atoms with Crippen LogP contribution in [0.5, 0.6) is 0 Å². The van der Waals surface area contributed by atoms with E-state index in [9.17, 15) is 4.79 Å². The molecule has 0 aromatic rings. The van der Waals surface area contributed by atoms with Gasteiger partial charge >= 0.3 is 5.97 Å². The largest absolute Gasteiger partial charge is 0.480 e. The molecule has 0 amide bonds. The third kappa shape index (κ3) is 2.42. The second-order valence-electron chi connectivity index (χ2n) is 2.51. The first kappa shape index (κ1) is 8.26. The second kappa shape index (κ2) is 3.52. The Labute approximate surface area is 73.5 Å². The number of hydrogen-bond acceptors (Lipinski definition) is 2. The third-order valence-corrected chi connectivity index (χ3v) is 2.59. The van der Waals surface area contributed by atoms with Gasteiger partial charge in [-0.15, -0.1) is 0 Å². The van der Waals surface area contributed by atoms with E-state index in [1.165, 1.54) is 0 Å². The molecule has 0 radical (unpaired) electrons. The first-order chi connectivity index (χ1) is 4.68. The van der Waals surface area contributed by atoms with E-state index in [0.29, 0.717) is 3.92 Å². The molecule has 58 valence electrons. The fraction of sp³-hybridized carbons (Fsp3) is 0.833. The lowest BCUT2D eigenvalue weighted by Crippen LogP contribution is -2.27. The van der Waals surface area contributed by atoms with Crippen LogP contribution in [0.25, 0.3) is 0 Å². The summed E-state index contributed by atoms with van der Waals surface area (Å²) in [6.07, 6.45) is 1.13. The number of carboxylic acid groups (broad SMARTS) is 1. The van der Waals surface area contributed by atoms with E-state index < -0.39 is 5.97 Å². The average molecular weight is 255 g/mol. The van der Waals surface area contributed by atoms with E-state index in [0.717, 1.165) is 19.5 Å². The van der Waals surface area contributed by atoms with Gasteiger partial charge in [-0.05, 0) is 13.0 Å². The van der Waals surface area contributed by atoms with Gasteiger partial charge in [0.15, 0.2) is 0 Å². The number of halogens is 1. The molecule has 4 heteroatoms. The SMILES string of the molecule is O=C(O)CN1CC[C@H](I)C1. The molecule has 1 fully saturated rings. The summed E-state index contributed by atoms with van der Waals surface area (Å²) in [6, 6.07) is 0. The van der Waals surface area contributed by atoms with Crippen LogP contribution in [-0.4, -0.2) is 39.5 Å². The molecule has 1 atom stereocenters. The van der Waals surface area contributed by atoms with Gasteiger partial charge in [-0.2, -0.15) is 0 Å².